The maximum absolute atomic E-state index is 12.8. The molecule has 106 valence electrons. The van der Waals surface area contributed by atoms with Crippen LogP contribution in [0.4, 0.5) is 4.39 Å². The summed E-state index contributed by atoms with van der Waals surface area (Å²) in [5.74, 6) is 0.414. The van der Waals surface area contributed by atoms with Crippen LogP contribution in [0.25, 0.3) is 0 Å². The largest absolute Gasteiger partial charge is 0.240 e. The van der Waals surface area contributed by atoms with Crippen LogP contribution >= 0.6 is 0 Å². The first-order chi connectivity index (χ1) is 8.90. The Labute approximate surface area is 114 Å². The Morgan fingerprint density at radius 1 is 1.16 bits per heavy atom. The number of halogens is 1. The number of nitrogens with one attached hydrogen (secondary N) is 1. The molecule has 1 aromatic rings. The average molecular weight is 285 g/mol. The molecule has 0 radical (unpaired) electrons. The van der Waals surface area contributed by atoms with Crippen molar-refractivity contribution in [3.63, 3.8) is 0 Å². The minimum atomic E-state index is -3.55. The molecular weight excluding hydrogens is 265 g/mol. The van der Waals surface area contributed by atoms with Crippen molar-refractivity contribution in [1.29, 1.82) is 0 Å². The highest BCUT2D eigenvalue weighted by molar-refractivity contribution is 7.89. The van der Waals surface area contributed by atoms with E-state index < -0.39 is 15.8 Å². The Bertz CT molecular complexity index is 527. The first kappa shape index (κ1) is 14.5. The maximum atomic E-state index is 12.8. The van der Waals surface area contributed by atoms with Crippen molar-refractivity contribution in [2.45, 2.75) is 44.0 Å². The van der Waals surface area contributed by atoms with Gasteiger partial charge in [0.15, 0.2) is 0 Å². The number of benzene rings is 1. The molecule has 1 aliphatic rings. The van der Waals surface area contributed by atoms with Gasteiger partial charge in [0.05, 0.1) is 4.90 Å². The zero-order valence-corrected chi connectivity index (χ0v) is 12.1. The molecule has 5 heteroatoms. The molecule has 1 aromatic carbocycles. The van der Waals surface area contributed by atoms with Crippen molar-refractivity contribution in [3.05, 3.63) is 30.1 Å². The molecule has 0 aliphatic heterocycles. The van der Waals surface area contributed by atoms with Crippen LogP contribution in [-0.2, 0) is 10.0 Å². The van der Waals surface area contributed by atoms with Crippen molar-refractivity contribution >= 4 is 10.0 Å². The van der Waals surface area contributed by atoms with Crippen LogP contribution in [-0.4, -0.2) is 14.5 Å². The molecule has 1 N–H and O–H groups in total. The van der Waals surface area contributed by atoms with E-state index in [0.717, 1.165) is 19.3 Å². The van der Waals surface area contributed by atoms with E-state index in [1.54, 1.807) is 0 Å². The molecule has 0 unspecified atom stereocenters. The normalized spacial score (nSPS) is 28.3. The van der Waals surface area contributed by atoms with Crippen molar-refractivity contribution in [2.75, 3.05) is 0 Å². The number of hydrogen-bond donors (Lipinski definition) is 1. The third-order valence-corrected chi connectivity index (χ3v) is 5.64. The van der Waals surface area contributed by atoms with E-state index in [1.165, 1.54) is 24.3 Å². The predicted octanol–water partition coefficient (Wildman–Crippen LogP) is 2.93. The second kappa shape index (κ2) is 5.59. The van der Waals surface area contributed by atoms with E-state index in [4.69, 9.17) is 0 Å². The molecule has 1 fully saturated rings. The van der Waals surface area contributed by atoms with Crippen molar-refractivity contribution in [3.8, 4) is 0 Å². The van der Waals surface area contributed by atoms with Gasteiger partial charge in [0.25, 0.3) is 0 Å². The summed E-state index contributed by atoms with van der Waals surface area (Å²) in [5, 5.41) is 0. The SMILES string of the molecule is C[C@@H]1[C@H](C)CCC[C@H]1NS(=O)(=O)c1ccc(F)cc1. The monoisotopic (exact) mass is 285 g/mol. The van der Waals surface area contributed by atoms with Crippen LogP contribution in [0.5, 0.6) is 0 Å². The van der Waals surface area contributed by atoms with E-state index in [1.807, 2.05) is 0 Å². The van der Waals surface area contributed by atoms with Gasteiger partial charge in [0, 0.05) is 6.04 Å². The number of rotatable bonds is 3. The fourth-order valence-corrected chi connectivity index (χ4v) is 3.99. The summed E-state index contributed by atoms with van der Waals surface area (Å²) in [7, 11) is -3.55. The van der Waals surface area contributed by atoms with Crippen LogP contribution in [0.15, 0.2) is 29.2 Å². The van der Waals surface area contributed by atoms with E-state index in [-0.39, 0.29) is 10.9 Å². The summed E-state index contributed by atoms with van der Waals surface area (Å²) in [5.41, 5.74) is 0. The molecule has 0 bridgehead atoms. The van der Waals surface area contributed by atoms with Gasteiger partial charge in [-0.05, 0) is 42.5 Å². The van der Waals surface area contributed by atoms with Gasteiger partial charge < -0.3 is 0 Å². The molecule has 0 amide bonds. The quantitative estimate of drug-likeness (QED) is 0.928. The molecule has 3 nitrogen and oxygen atoms in total. The smallest absolute Gasteiger partial charge is 0.208 e. The van der Waals surface area contributed by atoms with Crippen LogP contribution in [0.3, 0.4) is 0 Å². The number of hydrogen-bond acceptors (Lipinski definition) is 2. The van der Waals surface area contributed by atoms with E-state index in [0.29, 0.717) is 11.8 Å². The third kappa shape index (κ3) is 3.34. The highest BCUT2D eigenvalue weighted by Crippen LogP contribution is 2.30. The van der Waals surface area contributed by atoms with Crippen LogP contribution in [0.2, 0.25) is 0 Å². The summed E-state index contributed by atoms with van der Waals surface area (Å²) < 4.78 is 40.1. The summed E-state index contributed by atoms with van der Waals surface area (Å²) in [4.78, 5) is 0.124. The van der Waals surface area contributed by atoms with Crippen molar-refractivity contribution < 1.29 is 12.8 Å². The van der Waals surface area contributed by atoms with E-state index in [2.05, 4.69) is 18.6 Å². The van der Waals surface area contributed by atoms with Crippen LogP contribution in [0.1, 0.15) is 33.1 Å². The van der Waals surface area contributed by atoms with Gasteiger partial charge in [-0.1, -0.05) is 26.7 Å². The maximum Gasteiger partial charge on any atom is 0.240 e. The molecule has 1 aliphatic carbocycles. The summed E-state index contributed by atoms with van der Waals surface area (Å²) in [6, 6.07) is 4.91. The second-order valence-corrected chi connectivity index (χ2v) is 7.16. The van der Waals surface area contributed by atoms with Crippen LogP contribution in [0, 0.1) is 17.7 Å². The Hall–Kier alpha value is -0.940. The minimum absolute atomic E-state index is 0.0289. The molecule has 0 aromatic heterocycles. The Morgan fingerprint density at radius 3 is 2.42 bits per heavy atom. The summed E-state index contributed by atoms with van der Waals surface area (Å²) in [6.45, 7) is 4.24. The molecular formula is C14H20FNO2S. The van der Waals surface area contributed by atoms with E-state index >= 15 is 0 Å². The van der Waals surface area contributed by atoms with Gasteiger partial charge in [-0.2, -0.15) is 0 Å². The van der Waals surface area contributed by atoms with Gasteiger partial charge in [0.1, 0.15) is 5.82 Å². The van der Waals surface area contributed by atoms with Gasteiger partial charge in [-0.25, -0.2) is 17.5 Å². The Morgan fingerprint density at radius 2 is 1.79 bits per heavy atom. The summed E-state index contributed by atoms with van der Waals surface area (Å²) in [6.07, 6.45) is 3.06. The van der Waals surface area contributed by atoms with Gasteiger partial charge in [-0.3, -0.25) is 0 Å². The molecule has 0 spiro atoms. The first-order valence-electron chi connectivity index (χ1n) is 6.68. The van der Waals surface area contributed by atoms with Gasteiger partial charge >= 0.3 is 0 Å². The van der Waals surface area contributed by atoms with Crippen LogP contribution < -0.4 is 4.72 Å². The lowest BCUT2D eigenvalue weighted by Gasteiger charge is -2.34. The fraction of sp³-hybridized carbons (Fsp3) is 0.571. The molecule has 0 saturated heterocycles. The van der Waals surface area contributed by atoms with Gasteiger partial charge in [-0.15, -0.1) is 0 Å². The second-order valence-electron chi connectivity index (χ2n) is 5.45. The zero-order valence-electron chi connectivity index (χ0n) is 11.3. The zero-order chi connectivity index (χ0) is 14.0. The molecule has 1 saturated carbocycles. The minimum Gasteiger partial charge on any atom is -0.208 e. The molecule has 0 heterocycles. The lowest BCUT2D eigenvalue weighted by atomic mass is 9.78. The summed E-state index contributed by atoms with van der Waals surface area (Å²) >= 11 is 0. The first-order valence-corrected chi connectivity index (χ1v) is 8.16. The Kier molecular flexibility index (Phi) is 4.26. The molecule has 2 rings (SSSR count). The number of sulfonamides is 1. The highest BCUT2D eigenvalue weighted by atomic mass is 32.2. The van der Waals surface area contributed by atoms with Gasteiger partial charge in [0.2, 0.25) is 10.0 Å². The highest BCUT2D eigenvalue weighted by Gasteiger charge is 2.30. The average Bonchev–Trinajstić information content (AvgIpc) is 2.35. The third-order valence-electron chi connectivity index (χ3n) is 4.14. The van der Waals surface area contributed by atoms with E-state index in [9.17, 15) is 12.8 Å². The van der Waals surface area contributed by atoms with Crippen molar-refractivity contribution in [2.24, 2.45) is 11.8 Å². The standard InChI is InChI=1S/C14H20FNO2S/c1-10-4-3-5-14(11(10)2)16-19(17,18)13-8-6-12(15)7-9-13/h6-11,14,16H,3-5H2,1-2H3/t10-,11-,14-/m1/s1. The predicted molar refractivity (Wildman–Crippen MR) is 72.7 cm³/mol. The molecule has 19 heavy (non-hydrogen) atoms. The topological polar surface area (TPSA) is 46.2 Å². The lowest BCUT2D eigenvalue weighted by molar-refractivity contribution is 0.227. The fourth-order valence-electron chi connectivity index (χ4n) is 2.63. The van der Waals surface area contributed by atoms with Crippen molar-refractivity contribution in [1.82, 2.24) is 4.72 Å². The molecule has 3 atom stereocenters. The lowest BCUT2D eigenvalue weighted by Crippen LogP contribution is -2.43. The Balaban J connectivity index is 2.15.